The number of rotatable bonds is 1. The summed E-state index contributed by atoms with van der Waals surface area (Å²) in [5, 5.41) is 16.3. The molecule has 1 aromatic heterocycles. The molecular weight excluding hydrogens is 178 g/mol. The van der Waals surface area contributed by atoms with E-state index in [1.54, 1.807) is 0 Å². The van der Waals surface area contributed by atoms with Crippen LogP contribution in [0.3, 0.4) is 0 Å². The third kappa shape index (κ3) is 4.30. The van der Waals surface area contributed by atoms with E-state index < -0.39 is 5.97 Å². The van der Waals surface area contributed by atoms with E-state index in [0.29, 0.717) is 5.82 Å². The Morgan fingerprint density at radius 3 is 2.38 bits per heavy atom. The molecule has 1 rings (SSSR count). The molecule has 0 unspecified atom stereocenters. The number of aromatic carboxylic acids is 1. The molecule has 7 nitrogen and oxygen atoms in total. The van der Waals surface area contributed by atoms with Crippen LogP contribution in [0.5, 0.6) is 0 Å². The van der Waals surface area contributed by atoms with E-state index in [9.17, 15) is 4.79 Å². The van der Waals surface area contributed by atoms with Crippen molar-refractivity contribution in [2.75, 3.05) is 5.73 Å². The second-order valence-corrected chi connectivity index (χ2v) is 1.86. The maximum Gasteiger partial charge on any atom is 0.337 e. The monoisotopic (exact) mass is 185 g/mol. The maximum atomic E-state index is 10.2. The van der Waals surface area contributed by atoms with Crippen molar-refractivity contribution in [3.63, 3.8) is 0 Å². The molecule has 70 valence electrons. The highest BCUT2D eigenvalue weighted by Gasteiger charge is 1.99. The van der Waals surface area contributed by atoms with Crippen molar-refractivity contribution in [3.8, 4) is 0 Å². The Kier molecular flexibility index (Phi) is 4.55. The number of anilines is 1. The summed E-state index contributed by atoms with van der Waals surface area (Å²) in [4.78, 5) is 21.9. The minimum atomic E-state index is -0.993. The Morgan fingerprint density at radius 1 is 1.54 bits per heavy atom. The molecule has 7 heteroatoms. The van der Waals surface area contributed by atoms with Crippen molar-refractivity contribution >= 4 is 11.8 Å². The lowest BCUT2D eigenvalue weighted by Gasteiger charge is -1.92. The highest BCUT2D eigenvalue weighted by molar-refractivity contribution is 5.87. The van der Waals surface area contributed by atoms with Gasteiger partial charge in [-0.15, -0.1) is 4.91 Å². The predicted octanol–water partition coefficient (Wildman–Crippen LogP) is 0.504. The molecule has 0 amide bonds. The van der Waals surface area contributed by atoms with Gasteiger partial charge >= 0.3 is 5.97 Å². The van der Waals surface area contributed by atoms with Crippen LogP contribution in [0, 0.1) is 4.91 Å². The summed E-state index contributed by atoms with van der Waals surface area (Å²) in [5.74, 6) is -0.669. The molecule has 0 saturated carbocycles. The highest BCUT2D eigenvalue weighted by Crippen LogP contribution is 1.99. The second-order valence-electron chi connectivity index (χ2n) is 1.86. The lowest BCUT2D eigenvalue weighted by Crippen LogP contribution is -1.98. The number of hydrogen-bond donors (Lipinski definition) is 3. The van der Waals surface area contributed by atoms with Crippen molar-refractivity contribution < 1.29 is 15.1 Å². The molecule has 0 aromatic carbocycles. The summed E-state index contributed by atoms with van der Waals surface area (Å²) >= 11 is 0. The molecule has 0 fully saturated rings. The smallest absolute Gasteiger partial charge is 0.337 e. The van der Waals surface area contributed by atoms with E-state index in [-0.39, 0.29) is 5.56 Å². The normalized spacial score (nSPS) is 8.00. The van der Waals surface area contributed by atoms with Crippen molar-refractivity contribution in [3.05, 3.63) is 28.8 Å². The lowest BCUT2D eigenvalue weighted by molar-refractivity contribution is 0.0696. The average Bonchev–Trinajstić information content (AvgIpc) is 2.06. The van der Waals surface area contributed by atoms with Crippen LogP contribution in [0.2, 0.25) is 0 Å². The SMILES string of the molecule is Nc1ccc(C(=O)O)cn1.O=NO. The number of carboxylic acids is 1. The van der Waals surface area contributed by atoms with Crippen LogP contribution in [-0.4, -0.2) is 21.3 Å². The minimum absolute atomic E-state index is 0.147. The van der Waals surface area contributed by atoms with E-state index in [1.165, 1.54) is 23.7 Å². The summed E-state index contributed by atoms with van der Waals surface area (Å²) in [5.41, 5.74) is 5.37. The van der Waals surface area contributed by atoms with Gasteiger partial charge in [0.25, 0.3) is 0 Å². The quantitative estimate of drug-likeness (QED) is 0.432. The molecule has 0 atom stereocenters. The van der Waals surface area contributed by atoms with E-state index >= 15 is 0 Å². The minimum Gasteiger partial charge on any atom is -0.478 e. The Balaban J connectivity index is 0.000000424. The molecule has 0 aliphatic heterocycles. The van der Waals surface area contributed by atoms with Crippen molar-refractivity contribution in [2.45, 2.75) is 0 Å². The lowest BCUT2D eigenvalue weighted by atomic mass is 10.3. The van der Waals surface area contributed by atoms with Gasteiger partial charge in [0.15, 0.2) is 5.34 Å². The molecule has 1 aromatic rings. The summed E-state index contributed by atoms with van der Waals surface area (Å²) in [7, 11) is 0. The molecule has 13 heavy (non-hydrogen) atoms. The predicted molar refractivity (Wildman–Crippen MR) is 43.2 cm³/mol. The second kappa shape index (κ2) is 5.47. The van der Waals surface area contributed by atoms with Crippen molar-refractivity contribution in [2.24, 2.45) is 5.34 Å². The largest absolute Gasteiger partial charge is 0.478 e. The summed E-state index contributed by atoms with van der Waals surface area (Å²) in [6.45, 7) is 0. The first-order valence-corrected chi connectivity index (χ1v) is 3.03. The van der Waals surface area contributed by atoms with Crippen LogP contribution in [-0.2, 0) is 0 Å². The van der Waals surface area contributed by atoms with Gasteiger partial charge in [-0.25, -0.2) is 9.78 Å². The summed E-state index contributed by atoms with van der Waals surface area (Å²) in [6, 6.07) is 2.86. The first kappa shape index (κ1) is 10.8. The Hall–Kier alpha value is -2.18. The number of nitrogens with two attached hydrogens (primary N) is 1. The van der Waals surface area contributed by atoms with Crippen LogP contribution in [0.4, 0.5) is 5.82 Å². The number of pyridine rings is 1. The highest BCUT2D eigenvalue weighted by atomic mass is 16.6. The van der Waals surface area contributed by atoms with Gasteiger partial charge in [0.1, 0.15) is 5.82 Å². The van der Waals surface area contributed by atoms with Gasteiger partial charge in [-0.1, -0.05) is 0 Å². The third-order valence-electron chi connectivity index (χ3n) is 1.03. The van der Waals surface area contributed by atoms with Crippen LogP contribution >= 0.6 is 0 Å². The van der Waals surface area contributed by atoms with Crippen LogP contribution in [0.1, 0.15) is 10.4 Å². The Labute approximate surface area is 72.8 Å². The molecule has 0 bridgehead atoms. The Bertz CT molecular complexity index is 284. The fourth-order valence-corrected chi connectivity index (χ4v) is 0.532. The van der Waals surface area contributed by atoms with E-state index in [2.05, 4.69) is 4.98 Å². The number of carboxylic acid groups (broad SMARTS) is 1. The Morgan fingerprint density at radius 2 is 2.08 bits per heavy atom. The standard InChI is InChI=1S/C6H6N2O2.HNO2/c7-5-2-1-4(3-8-5)6(9)10;2-1-3/h1-3H,(H2,7,8)(H,9,10);(H,2,3). The van der Waals surface area contributed by atoms with Gasteiger partial charge in [0, 0.05) is 6.20 Å². The average molecular weight is 185 g/mol. The van der Waals surface area contributed by atoms with Gasteiger partial charge in [-0.3, -0.25) is 0 Å². The van der Waals surface area contributed by atoms with E-state index in [1.807, 2.05) is 0 Å². The molecule has 0 spiro atoms. The zero-order valence-electron chi connectivity index (χ0n) is 6.41. The topological polar surface area (TPSA) is 126 Å². The summed E-state index contributed by atoms with van der Waals surface area (Å²) in [6.07, 6.45) is 1.22. The fraction of sp³-hybridized carbons (Fsp3) is 0. The molecule has 0 radical (unpaired) electrons. The maximum absolute atomic E-state index is 10.2. The summed E-state index contributed by atoms with van der Waals surface area (Å²) < 4.78 is 0. The molecular formula is C6H7N3O4. The zero-order valence-corrected chi connectivity index (χ0v) is 6.41. The first-order valence-electron chi connectivity index (χ1n) is 3.03. The van der Waals surface area contributed by atoms with Gasteiger partial charge in [0.2, 0.25) is 0 Å². The van der Waals surface area contributed by atoms with Crippen molar-refractivity contribution in [1.82, 2.24) is 4.98 Å². The van der Waals surface area contributed by atoms with E-state index in [0.717, 1.165) is 0 Å². The fourth-order valence-electron chi connectivity index (χ4n) is 0.532. The third-order valence-corrected chi connectivity index (χ3v) is 1.03. The molecule has 0 aliphatic rings. The number of carbonyl (C=O) groups is 1. The molecule has 0 saturated heterocycles. The van der Waals surface area contributed by atoms with Gasteiger partial charge in [0.05, 0.1) is 5.56 Å². The number of nitrogens with zero attached hydrogens (tertiary/aromatic N) is 2. The zero-order chi connectivity index (χ0) is 10.3. The number of nitrogen functional groups attached to an aromatic ring is 1. The van der Waals surface area contributed by atoms with Gasteiger partial charge in [-0.2, -0.15) is 0 Å². The van der Waals surface area contributed by atoms with Crippen LogP contribution in [0.15, 0.2) is 23.7 Å². The first-order chi connectivity index (χ1) is 6.11. The van der Waals surface area contributed by atoms with Gasteiger partial charge < -0.3 is 16.0 Å². The van der Waals surface area contributed by atoms with Crippen LogP contribution in [0.25, 0.3) is 0 Å². The molecule has 4 N–H and O–H groups in total. The molecule has 0 aliphatic carbocycles. The number of hydrogen-bond acceptors (Lipinski definition) is 5. The van der Waals surface area contributed by atoms with Crippen LogP contribution < -0.4 is 5.73 Å². The number of aromatic nitrogens is 1. The molecule has 1 heterocycles. The van der Waals surface area contributed by atoms with Crippen molar-refractivity contribution in [1.29, 1.82) is 0 Å². The van der Waals surface area contributed by atoms with Gasteiger partial charge in [-0.05, 0) is 12.1 Å². The van der Waals surface area contributed by atoms with E-state index in [4.69, 9.17) is 21.0 Å².